The highest BCUT2D eigenvalue weighted by Gasteiger charge is 2.20. The zero-order valence-corrected chi connectivity index (χ0v) is 14.0. The number of nitrogens with two attached hydrogens (primary N) is 1. The summed E-state index contributed by atoms with van der Waals surface area (Å²) >= 11 is 0. The molecule has 0 aliphatic heterocycles. The van der Waals surface area contributed by atoms with Gasteiger partial charge in [0, 0.05) is 12.2 Å². The van der Waals surface area contributed by atoms with Crippen LogP contribution in [0.4, 0.5) is 5.69 Å². The third-order valence-corrected chi connectivity index (χ3v) is 4.03. The number of amides is 1. The Balaban J connectivity index is 0.00000242. The van der Waals surface area contributed by atoms with Gasteiger partial charge >= 0.3 is 0 Å². The molecule has 0 heterocycles. The topological polar surface area (TPSA) is 64.3 Å². The molecule has 3 N–H and O–H groups in total. The van der Waals surface area contributed by atoms with Crippen molar-refractivity contribution in [1.29, 1.82) is 0 Å². The van der Waals surface area contributed by atoms with Gasteiger partial charge in [0.05, 0.1) is 6.10 Å². The largest absolute Gasteiger partial charge is 0.365 e. The molecule has 1 unspecified atom stereocenters. The Hall–Kier alpha value is -1.10. The van der Waals surface area contributed by atoms with E-state index in [0.29, 0.717) is 6.54 Å². The van der Waals surface area contributed by atoms with Crippen molar-refractivity contribution in [3.63, 3.8) is 0 Å². The molecule has 1 atom stereocenters. The summed E-state index contributed by atoms with van der Waals surface area (Å²) in [5.41, 5.74) is 7.40. The van der Waals surface area contributed by atoms with Crippen LogP contribution < -0.4 is 11.1 Å². The van der Waals surface area contributed by atoms with Gasteiger partial charge in [-0.2, -0.15) is 0 Å². The predicted molar refractivity (Wildman–Crippen MR) is 92.2 cm³/mol. The number of halogens is 1. The lowest BCUT2D eigenvalue weighted by Crippen LogP contribution is -2.31. The van der Waals surface area contributed by atoms with E-state index in [1.54, 1.807) is 0 Å². The minimum atomic E-state index is -0.415. The zero-order valence-electron chi connectivity index (χ0n) is 13.2. The van der Waals surface area contributed by atoms with Gasteiger partial charge in [-0.25, -0.2) is 0 Å². The van der Waals surface area contributed by atoms with Crippen LogP contribution in [0, 0.1) is 0 Å². The summed E-state index contributed by atoms with van der Waals surface area (Å²) in [4.78, 5) is 12.2. The highest BCUT2D eigenvalue weighted by atomic mass is 35.5. The molecule has 0 aromatic heterocycles. The first-order valence-electron chi connectivity index (χ1n) is 7.94. The Morgan fingerprint density at radius 3 is 2.36 bits per heavy atom. The van der Waals surface area contributed by atoms with Gasteiger partial charge in [0.1, 0.15) is 6.10 Å². The maximum Gasteiger partial charge on any atom is 0.253 e. The van der Waals surface area contributed by atoms with Crippen LogP contribution in [0.2, 0.25) is 0 Å². The average molecular weight is 327 g/mol. The van der Waals surface area contributed by atoms with E-state index in [2.05, 4.69) is 5.32 Å². The molecule has 2 rings (SSSR count). The highest BCUT2D eigenvalue weighted by Crippen LogP contribution is 2.21. The fraction of sp³-hybridized carbons (Fsp3) is 0.588. The molecule has 0 bridgehead atoms. The Kier molecular flexibility index (Phi) is 8.46. The lowest BCUT2D eigenvalue weighted by molar-refractivity contribution is -0.130. The van der Waals surface area contributed by atoms with Gasteiger partial charge in [-0.3, -0.25) is 4.79 Å². The minimum Gasteiger partial charge on any atom is -0.365 e. The lowest BCUT2D eigenvalue weighted by Gasteiger charge is -2.20. The van der Waals surface area contributed by atoms with E-state index in [4.69, 9.17) is 10.5 Å². The predicted octanol–water partition coefficient (Wildman–Crippen LogP) is 3.63. The SMILES string of the molecule is CC(OC1CCCCCC1)C(=O)Nc1ccc(CN)cc1.Cl. The Morgan fingerprint density at radius 2 is 1.82 bits per heavy atom. The fourth-order valence-corrected chi connectivity index (χ4v) is 2.70. The van der Waals surface area contributed by atoms with Gasteiger partial charge in [-0.05, 0) is 37.5 Å². The van der Waals surface area contributed by atoms with Crippen molar-refractivity contribution < 1.29 is 9.53 Å². The Morgan fingerprint density at radius 1 is 1.23 bits per heavy atom. The van der Waals surface area contributed by atoms with Crippen LogP contribution in [-0.2, 0) is 16.1 Å². The summed E-state index contributed by atoms with van der Waals surface area (Å²) in [6.45, 7) is 2.34. The minimum absolute atomic E-state index is 0. The van der Waals surface area contributed by atoms with Crippen LogP contribution >= 0.6 is 12.4 Å². The van der Waals surface area contributed by atoms with E-state index in [1.165, 1.54) is 25.7 Å². The molecule has 0 saturated heterocycles. The van der Waals surface area contributed by atoms with E-state index < -0.39 is 6.10 Å². The summed E-state index contributed by atoms with van der Waals surface area (Å²) in [6.07, 6.45) is 6.95. The van der Waals surface area contributed by atoms with Crippen molar-refractivity contribution in [3.05, 3.63) is 29.8 Å². The van der Waals surface area contributed by atoms with Crippen LogP contribution in [0.25, 0.3) is 0 Å². The smallest absolute Gasteiger partial charge is 0.253 e. The van der Waals surface area contributed by atoms with Crippen molar-refractivity contribution in [2.75, 3.05) is 5.32 Å². The average Bonchev–Trinajstić information content (AvgIpc) is 2.76. The Bertz CT molecular complexity index is 442. The van der Waals surface area contributed by atoms with Crippen molar-refractivity contribution in [2.45, 2.75) is 64.2 Å². The van der Waals surface area contributed by atoms with Crippen molar-refractivity contribution >= 4 is 24.0 Å². The zero-order chi connectivity index (χ0) is 15.1. The summed E-state index contributed by atoms with van der Waals surface area (Å²) < 4.78 is 5.92. The van der Waals surface area contributed by atoms with E-state index in [0.717, 1.165) is 24.1 Å². The molecule has 1 saturated carbocycles. The molecule has 0 spiro atoms. The molecule has 1 fully saturated rings. The molecule has 4 nitrogen and oxygen atoms in total. The standard InChI is InChI=1S/C17H26N2O2.ClH/c1-13(21-16-6-4-2-3-5-7-16)17(20)19-15-10-8-14(12-18)9-11-15;/h8-11,13,16H,2-7,12,18H2,1H3,(H,19,20);1H. The summed E-state index contributed by atoms with van der Waals surface area (Å²) in [5.74, 6) is -0.0836. The second-order valence-corrected chi connectivity index (χ2v) is 5.78. The number of ether oxygens (including phenoxy) is 1. The highest BCUT2D eigenvalue weighted by molar-refractivity contribution is 5.93. The maximum absolute atomic E-state index is 12.2. The second kappa shape index (κ2) is 9.82. The maximum atomic E-state index is 12.2. The van der Waals surface area contributed by atoms with Crippen LogP contribution in [-0.4, -0.2) is 18.1 Å². The van der Waals surface area contributed by atoms with Gasteiger partial charge in [0.25, 0.3) is 5.91 Å². The molecule has 5 heteroatoms. The number of hydrogen-bond acceptors (Lipinski definition) is 3. The molecule has 124 valence electrons. The first kappa shape index (κ1) is 18.9. The van der Waals surface area contributed by atoms with Crippen LogP contribution in [0.3, 0.4) is 0 Å². The van der Waals surface area contributed by atoms with E-state index in [1.807, 2.05) is 31.2 Å². The third-order valence-electron chi connectivity index (χ3n) is 4.03. The van der Waals surface area contributed by atoms with Gasteiger partial charge < -0.3 is 15.8 Å². The summed E-state index contributed by atoms with van der Waals surface area (Å²) in [7, 11) is 0. The van der Waals surface area contributed by atoms with Crippen LogP contribution in [0.15, 0.2) is 24.3 Å². The van der Waals surface area contributed by atoms with Crippen molar-refractivity contribution in [1.82, 2.24) is 0 Å². The number of carbonyl (C=O) groups is 1. The molecule has 1 aliphatic carbocycles. The van der Waals surface area contributed by atoms with Crippen LogP contribution in [0.1, 0.15) is 51.0 Å². The van der Waals surface area contributed by atoms with Crippen molar-refractivity contribution in [2.24, 2.45) is 5.73 Å². The summed E-state index contributed by atoms with van der Waals surface area (Å²) in [5, 5.41) is 2.89. The van der Waals surface area contributed by atoms with Gasteiger partial charge in [-0.1, -0.05) is 37.8 Å². The number of anilines is 1. The monoisotopic (exact) mass is 326 g/mol. The quantitative estimate of drug-likeness (QED) is 0.812. The molecule has 1 aliphatic rings. The second-order valence-electron chi connectivity index (χ2n) is 5.78. The lowest BCUT2D eigenvalue weighted by atomic mass is 10.1. The number of rotatable bonds is 5. The molecule has 22 heavy (non-hydrogen) atoms. The number of nitrogens with one attached hydrogen (secondary N) is 1. The van der Waals surface area contributed by atoms with Crippen LogP contribution in [0.5, 0.6) is 0 Å². The molecule has 0 radical (unpaired) electrons. The van der Waals surface area contributed by atoms with E-state index in [9.17, 15) is 4.79 Å². The molecular weight excluding hydrogens is 300 g/mol. The number of hydrogen-bond donors (Lipinski definition) is 2. The molecule has 1 aromatic carbocycles. The Labute approximate surface area is 139 Å². The van der Waals surface area contributed by atoms with Crippen molar-refractivity contribution in [3.8, 4) is 0 Å². The molecule has 1 aromatic rings. The normalized spacial score (nSPS) is 17.2. The van der Waals surface area contributed by atoms with Gasteiger partial charge in [0.15, 0.2) is 0 Å². The number of carbonyl (C=O) groups excluding carboxylic acids is 1. The first-order valence-corrected chi connectivity index (χ1v) is 7.94. The summed E-state index contributed by atoms with van der Waals surface area (Å²) in [6, 6.07) is 7.59. The van der Waals surface area contributed by atoms with E-state index >= 15 is 0 Å². The fourth-order valence-electron chi connectivity index (χ4n) is 2.70. The molecule has 1 amide bonds. The van der Waals surface area contributed by atoms with E-state index in [-0.39, 0.29) is 24.4 Å². The van der Waals surface area contributed by atoms with Gasteiger partial charge in [-0.15, -0.1) is 12.4 Å². The first-order chi connectivity index (χ1) is 10.2. The number of benzene rings is 1. The van der Waals surface area contributed by atoms with Gasteiger partial charge in [0.2, 0.25) is 0 Å². The third kappa shape index (κ3) is 5.95. The molecular formula is C17H27ClN2O2.